The molecule has 0 aromatic carbocycles. The van der Waals surface area contributed by atoms with E-state index in [1.807, 2.05) is 30.6 Å². The molecule has 154 valence electrons. The minimum absolute atomic E-state index is 0.0241. The number of fused-ring (bicyclic) bond motifs is 1. The van der Waals surface area contributed by atoms with Gasteiger partial charge in [-0.05, 0) is 38.7 Å². The second-order valence-electron chi connectivity index (χ2n) is 7.92. The molecule has 3 heterocycles. The van der Waals surface area contributed by atoms with Crippen LogP contribution in [0, 0.1) is 13.8 Å². The molecule has 0 atom stereocenters. The first-order chi connectivity index (χ1) is 13.9. The molecule has 1 N–H and O–H groups in total. The molecule has 1 aliphatic rings. The number of aromatic nitrogens is 6. The number of rotatable bonds is 5. The van der Waals surface area contributed by atoms with Crippen molar-refractivity contribution >= 4 is 17.0 Å². The second-order valence-corrected chi connectivity index (χ2v) is 7.92. The normalized spacial score (nSPS) is 14.8. The predicted octanol–water partition coefficient (Wildman–Crippen LogP) is 1.62. The van der Waals surface area contributed by atoms with Crippen molar-refractivity contribution in [1.29, 1.82) is 0 Å². The van der Waals surface area contributed by atoms with Gasteiger partial charge >= 0.3 is 5.69 Å². The fourth-order valence-corrected chi connectivity index (χ4v) is 4.24. The number of aromatic amines is 1. The Kier molecular flexibility index (Phi) is 4.97. The SMILES string of the molecule is Cc1nn(C)c(C)c1CCN(C)c1ncc2c(=O)n(C3CCCC3)c(=O)[nH]c2n1. The molecule has 1 saturated carbocycles. The number of likely N-dealkylation sites (N-methyl/N-ethyl adjacent to an activating group) is 1. The van der Waals surface area contributed by atoms with Crippen LogP contribution < -0.4 is 16.1 Å². The van der Waals surface area contributed by atoms with Gasteiger partial charge < -0.3 is 4.90 Å². The van der Waals surface area contributed by atoms with Gasteiger partial charge in [0.15, 0.2) is 5.65 Å². The lowest BCUT2D eigenvalue weighted by Crippen LogP contribution is -2.37. The molecular formula is C20H27N7O2. The third-order valence-electron chi connectivity index (χ3n) is 6.06. The van der Waals surface area contributed by atoms with Gasteiger partial charge in [-0.3, -0.25) is 19.0 Å². The number of anilines is 1. The van der Waals surface area contributed by atoms with Crippen molar-refractivity contribution in [3.8, 4) is 0 Å². The van der Waals surface area contributed by atoms with Crippen LogP contribution in [0.2, 0.25) is 0 Å². The maximum atomic E-state index is 12.8. The van der Waals surface area contributed by atoms with E-state index in [2.05, 4.69) is 27.0 Å². The molecule has 3 aromatic heterocycles. The summed E-state index contributed by atoms with van der Waals surface area (Å²) >= 11 is 0. The highest BCUT2D eigenvalue weighted by molar-refractivity contribution is 5.73. The molecule has 0 unspecified atom stereocenters. The molecule has 1 aliphatic carbocycles. The quantitative estimate of drug-likeness (QED) is 0.702. The van der Waals surface area contributed by atoms with Gasteiger partial charge in [-0.2, -0.15) is 10.1 Å². The van der Waals surface area contributed by atoms with Crippen LogP contribution in [0.3, 0.4) is 0 Å². The van der Waals surface area contributed by atoms with E-state index in [1.54, 1.807) is 0 Å². The molecule has 9 heteroatoms. The van der Waals surface area contributed by atoms with Crippen molar-refractivity contribution in [3.63, 3.8) is 0 Å². The van der Waals surface area contributed by atoms with Gasteiger partial charge in [0.1, 0.15) is 5.39 Å². The summed E-state index contributed by atoms with van der Waals surface area (Å²) in [6, 6.07) is -0.0241. The largest absolute Gasteiger partial charge is 0.343 e. The highest BCUT2D eigenvalue weighted by Crippen LogP contribution is 2.27. The standard InChI is InChI=1S/C20H27N7O2/c1-12-15(13(2)26(4)24-12)9-10-25(3)19-21-11-16-17(22-19)23-20(29)27(18(16)28)14-7-5-6-8-14/h11,14H,5-10H2,1-4H3,(H,21,22,23,29). The van der Waals surface area contributed by atoms with Crippen molar-refractivity contribution in [2.45, 2.75) is 52.0 Å². The molecule has 3 aromatic rings. The molecular weight excluding hydrogens is 370 g/mol. The van der Waals surface area contributed by atoms with Gasteiger partial charge in [-0.25, -0.2) is 9.78 Å². The number of nitrogens with one attached hydrogen (secondary N) is 1. The van der Waals surface area contributed by atoms with E-state index in [4.69, 9.17) is 0 Å². The zero-order valence-corrected chi connectivity index (χ0v) is 17.4. The Labute approximate surface area is 168 Å². The molecule has 1 fully saturated rings. The maximum Gasteiger partial charge on any atom is 0.330 e. The Hall–Kier alpha value is -2.97. The molecule has 4 rings (SSSR count). The van der Waals surface area contributed by atoms with Gasteiger partial charge in [0, 0.05) is 38.6 Å². The van der Waals surface area contributed by atoms with E-state index in [0.717, 1.165) is 43.5 Å². The number of H-pyrrole nitrogens is 1. The van der Waals surface area contributed by atoms with E-state index >= 15 is 0 Å². The summed E-state index contributed by atoms with van der Waals surface area (Å²) < 4.78 is 3.23. The molecule has 0 saturated heterocycles. The van der Waals surface area contributed by atoms with Crippen molar-refractivity contribution in [2.24, 2.45) is 7.05 Å². The van der Waals surface area contributed by atoms with E-state index in [-0.39, 0.29) is 17.3 Å². The fourth-order valence-electron chi connectivity index (χ4n) is 4.24. The summed E-state index contributed by atoms with van der Waals surface area (Å²) in [5.74, 6) is 0.477. The third kappa shape index (κ3) is 3.45. The van der Waals surface area contributed by atoms with Gasteiger partial charge in [0.2, 0.25) is 5.95 Å². The summed E-state index contributed by atoms with van der Waals surface area (Å²) in [4.78, 5) is 38.9. The smallest absolute Gasteiger partial charge is 0.330 e. The lowest BCUT2D eigenvalue weighted by atomic mass is 10.1. The molecule has 29 heavy (non-hydrogen) atoms. The van der Waals surface area contributed by atoms with Crippen LogP contribution in [0.1, 0.15) is 48.7 Å². The predicted molar refractivity (Wildman–Crippen MR) is 112 cm³/mol. The van der Waals surface area contributed by atoms with Crippen molar-refractivity contribution in [2.75, 3.05) is 18.5 Å². The lowest BCUT2D eigenvalue weighted by molar-refractivity contribution is 0.482. The van der Waals surface area contributed by atoms with Crippen LogP contribution in [0.5, 0.6) is 0 Å². The Balaban J connectivity index is 1.60. The van der Waals surface area contributed by atoms with Crippen LogP contribution in [0.15, 0.2) is 15.8 Å². The van der Waals surface area contributed by atoms with E-state index in [9.17, 15) is 9.59 Å². The van der Waals surface area contributed by atoms with Crippen molar-refractivity contribution in [3.05, 3.63) is 44.0 Å². The molecule has 0 amide bonds. The summed E-state index contributed by atoms with van der Waals surface area (Å²) in [7, 11) is 3.84. The zero-order valence-electron chi connectivity index (χ0n) is 17.4. The first-order valence-electron chi connectivity index (χ1n) is 10.1. The third-order valence-corrected chi connectivity index (χ3v) is 6.06. The maximum absolute atomic E-state index is 12.8. The molecule has 9 nitrogen and oxygen atoms in total. The summed E-state index contributed by atoms with van der Waals surface area (Å²) in [5.41, 5.74) is 2.99. The van der Waals surface area contributed by atoms with Crippen LogP contribution in [0.25, 0.3) is 11.0 Å². The second kappa shape index (κ2) is 7.46. The lowest BCUT2D eigenvalue weighted by Gasteiger charge is -2.18. The molecule has 0 radical (unpaired) electrons. The first kappa shape index (κ1) is 19.4. The highest BCUT2D eigenvalue weighted by atomic mass is 16.2. The van der Waals surface area contributed by atoms with Crippen LogP contribution in [0.4, 0.5) is 5.95 Å². The number of hydrogen-bond acceptors (Lipinski definition) is 6. The van der Waals surface area contributed by atoms with Gasteiger partial charge in [-0.15, -0.1) is 0 Å². The van der Waals surface area contributed by atoms with E-state index in [1.165, 1.54) is 16.3 Å². The Morgan fingerprint density at radius 3 is 2.62 bits per heavy atom. The number of hydrogen-bond donors (Lipinski definition) is 1. The molecule has 0 spiro atoms. The van der Waals surface area contributed by atoms with Crippen LogP contribution in [-0.4, -0.2) is 42.9 Å². The average molecular weight is 397 g/mol. The zero-order chi connectivity index (χ0) is 20.7. The monoisotopic (exact) mass is 397 g/mol. The van der Waals surface area contributed by atoms with Crippen LogP contribution in [-0.2, 0) is 13.5 Å². The fraction of sp³-hybridized carbons (Fsp3) is 0.550. The first-order valence-corrected chi connectivity index (χ1v) is 10.1. The minimum atomic E-state index is -0.386. The minimum Gasteiger partial charge on any atom is -0.343 e. The Morgan fingerprint density at radius 1 is 1.24 bits per heavy atom. The molecule has 0 aliphatic heterocycles. The van der Waals surface area contributed by atoms with E-state index in [0.29, 0.717) is 23.5 Å². The van der Waals surface area contributed by atoms with Crippen molar-refractivity contribution in [1.82, 2.24) is 29.3 Å². The summed E-state index contributed by atoms with van der Waals surface area (Å²) in [5, 5.41) is 4.81. The summed E-state index contributed by atoms with van der Waals surface area (Å²) in [6.07, 6.45) is 6.16. The number of nitrogens with zero attached hydrogens (tertiary/aromatic N) is 6. The van der Waals surface area contributed by atoms with Gasteiger partial charge in [0.05, 0.1) is 5.69 Å². The average Bonchev–Trinajstić information content (AvgIpc) is 3.29. The van der Waals surface area contributed by atoms with Gasteiger partial charge in [-0.1, -0.05) is 12.8 Å². The molecule has 0 bridgehead atoms. The van der Waals surface area contributed by atoms with Crippen LogP contribution >= 0.6 is 0 Å². The van der Waals surface area contributed by atoms with Crippen molar-refractivity contribution < 1.29 is 0 Å². The van der Waals surface area contributed by atoms with E-state index < -0.39 is 0 Å². The Morgan fingerprint density at radius 2 is 1.97 bits per heavy atom. The van der Waals surface area contributed by atoms with Gasteiger partial charge in [0.25, 0.3) is 5.56 Å². The Bertz CT molecular complexity index is 1170. The number of aryl methyl sites for hydroxylation is 2. The summed E-state index contributed by atoms with van der Waals surface area (Å²) in [6.45, 7) is 4.76. The topological polar surface area (TPSA) is 102 Å². The highest BCUT2D eigenvalue weighted by Gasteiger charge is 2.22.